The van der Waals surface area contributed by atoms with Gasteiger partial charge in [0.1, 0.15) is 0 Å². The highest BCUT2D eigenvalue weighted by atomic mass is 32.2. The maximum atomic E-state index is 12.8. The van der Waals surface area contributed by atoms with Crippen molar-refractivity contribution in [3.63, 3.8) is 0 Å². The summed E-state index contributed by atoms with van der Waals surface area (Å²) in [5, 5.41) is 19.2. The van der Waals surface area contributed by atoms with Gasteiger partial charge in [0.25, 0.3) is 10.9 Å². The van der Waals surface area contributed by atoms with Gasteiger partial charge in [-0.15, -0.1) is 10.2 Å². The van der Waals surface area contributed by atoms with Gasteiger partial charge < -0.3 is 9.32 Å². The second-order valence-corrected chi connectivity index (χ2v) is 9.52. The first-order valence-corrected chi connectivity index (χ1v) is 10.8. The fourth-order valence-electron chi connectivity index (χ4n) is 3.40. The van der Waals surface area contributed by atoms with Gasteiger partial charge in [-0.05, 0) is 35.6 Å². The largest absolute Gasteiger partial charge is 0.411 e. The summed E-state index contributed by atoms with van der Waals surface area (Å²) in [5.74, 6) is 0.281. The van der Waals surface area contributed by atoms with E-state index in [0.717, 1.165) is 5.56 Å². The van der Waals surface area contributed by atoms with Gasteiger partial charge in [0.2, 0.25) is 11.8 Å². The summed E-state index contributed by atoms with van der Waals surface area (Å²) in [6.07, 6.45) is 0.587. The Balaban J connectivity index is 1.45. The van der Waals surface area contributed by atoms with Gasteiger partial charge in [0, 0.05) is 24.2 Å². The Labute approximate surface area is 183 Å². The predicted octanol–water partition coefficient (Wildman–Crippen LogP) is 4.84. The zero-order chi connectivity index (χ0) is 22.2. The second-order valence-electron chi connectivity index (χ2n) is 8.36. The highest BCUT2D eigenvalue weighted by Crippen LogP contribution is 2.35. The van der Waals surface area contributed by atoms with Crippen LogP contribution in [0.5, 0.6) is 0 Å². The van der Waals surface area contributed by atoms with Crippen LogP contribution in [0.1, 0.15) is 32.8 Å². The minimum Gasteiger partial charge on any atom is -0.411 e. The van der Waals surface area contributed by atoms with Crippen LogP contribution in [0.3, 0.4) is 0 Å². The van der Waals surface area contributed by atoms with Gasteiger partial charge in [0.05, 0.1) is 15.9 Å². The topological polar surface area (TPSA) is 102 Å². The third kappa shape index (κ3) is 4.46. The zero-order valence-corrected chi connectivity index (χ0v) is 18.3. The Morgan fingerprint density at radius 1 is 1.16 bits per heavy atom. The van der Waals surface area contributed by atoms with Gasteiger partial charge in [-0.25, -0.2) is 0 Å². The van der Waals surface area contributed by atoms with Gasteiger partial charge >= 0.3 is 0 Å². The number of thioether (sulfide) groups is 1. The van der Waals surface area contributed by atoms with Crippen LogP contribution in [0.25, 0.3) is 11.5 Å². The molecule has 0 aliphatic carbocycles. The molecule has 0 N–H and O–H groups in total. The molecule has 2 aromatic carbocycles. The SMILES string of the molecule is CC(C)(C)c1ccc(-c2nnc(SC3CCN(c4cccc([N+](=O)[O-])c4)C3=O)o2)cc1. The lowest BCUT2D eigenvalue weighted by atomic mass is 9.87. The number of nitro groups is 1. The average Bonchev–Trinajstić information content (AvgIpc) is 3.35. The first-order chi connectivity index (χ1) is 14.7. The Hall–Kier alpha value is -3.20. The number of amides is 1. The molecule has 1 saturated heterocycles. The number of carbonyl (C=O) groups excluding carboxylic acids is 1. The first kappa shape index (κ1) is 21.0. The molecule has 0 spiro atoms. The number of anilines is 1. The van der Waals surface area contributed by atoms with Crippen molar-refractivity contribution < 1.29 is 14.1 Å². The highest BCUT2D eigenvalue weighted by molar-refractivity contribution is 8.00. The van der Waals surface area contributed by atoms with Gasteiger partial charge in [-0.2, -0.15) is 0 Å². The van der Waals surface area contributed by atoms with Crippen molar-refractivity contribution in [2.24, 2.45) is 0 Å². The van der Waals surface area contributed by atoms with Crippen molar-refractivity contribution in [2.75, 3.05) is 11.4 Å². The molecule has 0 radical (unpaired) electrons. The number of nitro benzene ring substituents is 1. The number of hydrogen-bond donors (Lipinski definition) is 0. The fourth-order valence-corrected chi connectivity index (χ4v) is 4.31. The normalized spacial score (nSPS) is 16.7. The van der Waals surface area contributed by atoms with Crippen LogP contribution in [0.2, 0.25) is 0 Å². The maximum absolute atomic E-state index is 12.8. The molecule has 4 rings (SSSR count). The highest BCUT2D eigenvalue weighted by Gasteiger charge is 2.35. The molecule has 1 atom stereocenters. The standard InChI is InChI=1S/C22H22N4O4S/c1-22(2,3)15-9-7-14(8-10-15)19-23-24-21(30-19)31-18-11-12-25(20(18)27)16-5-4-6-17(13-16)26(28)29/h4-10,13,18H,11-12H2,1-3H3. The van der Waals surface area contributed by atoms with Crippen molar-refractivity contribution in [2.45, 2.75) is 43.1 Å². The van der Waals surface area contributed by atoms with E-state index < -0.39 is 4.92 Å². The van der Waals surface area contributed by atoms with Crippen molar-refractivity contribution in [1.82, 2.24) is 10.2 Å². The summed E-state index contributed by atoms with van der Waals surface area (Å²) in [6.45, 7) is 6.93. The lowest BCUT2D eigenvalue weighted by Gasteiger charge is -2.18. The van der Waals surface area contributed by atoms with Gasteiger partial charge in [-0.3, -0.25) is 14.9 Å². The molecular weight excluding hydrogens is 416 g/mol. The number of non-ortho nitro benzene ring substituents is 1. The summed E-state index contributed by atoms with van der Waals surface area (Å²) in [7, 11) is 0. The minimum atomic E-state index is -0.468. The molecule has 9 heteroatoms. The first-order valence-electron chi connectivity index (χ1n) is 9.89. The van der Waals surface area contributed by atoms with Crippen molar-refractivity contribution in [3.05, 3.63) is 64.2 Å². The summed E-state index contributed by atoms with van der Waals surface area (Å²) < 4.78 is 5.78. The molecule has 31 heavy (non-hydrogen) atoms. The van der Waals surface area contributed by atoms with Gasteiger partial charge in [-0.1, -0.05) is 50.7 Å². The molecule has 1 amide bonds. The smallest absolute Gasteiger partial charge is 0.277 e. The average molecular weight is 439 g/mol. The number of nitrogens with zero attached hydrogens (tertiary/aromatic N) is 4. The number of rotatable bonds is 5. The summed E-state index contributed by atoms with van der Waals surface area (Å²) in [6, 6.07) is 14.1. The molecule has 1 fully saturated rings. The second kappa shape index (κ2) is 8.14. The number of carbonyl (C=O) groups is 1. The van der Waals surface area contributed by atoms with E-state index in [2.05, 4.69) is 31.0 Å². The van der Waals surface area contributed by atoms with E-state index in [1.807, 2.05) is 24.3 Å². The van der Waals surface area contributed by atoms with Crippen LogP contribution >= 0.6 is 11.8 Å². The molecule has 160 valence electrons. The fraction of sp³-hybridized carbons (Fsp3) is 0.318. The summed E-state index contributed by atoms with van der Waals surface area (Å²) >= 11 is 1.23. The van der Waals surface area contributed by atoms with Crippen LogP contribution in [0.4, 0.5) is 11.4 Å². The van der Waals surface area contributed by atoms with E-state index in [4.69, 9.17) is 4.42 Å². The number of benzene rings is 2. The Bertz CT molecular complexity index is 1120. The van der Waals surface area contributed by atoms with Crippen molar-refractivity contribution in [3.8, 4) is 11.5 Å². The monoisotopic (exact) mass is 438 g/mol. The lowest BCUT2D eigenvalue weighted by molar-refractivity contribution is -0.384. The minimum absolute atomic E-state index is 0.0413. The predicted molar refractivity (Wildman–Crippen MR) is 118 cm³/mol. The third-order valence-corrected chi connectivity index (χ3v) is 6.24. The molecule has 1 unspecified atom stereocenters. The Morgan fingerprint density at radius 2 is 1.90 bits per heavy atom. The lowest BCUT2D eigenvalue weighted by Crippen LogP contribution is -2.28. The molecule has 1 aliphatic rings. The molecule has 1 aromatic heterocycles. The molecule has 8 nitrogen and oxygen atoms in total. The molecule has 0 bridgehead atoms. The van der Waals surface area contributed by atoms with Crippen LogP contribution in [-0.4, -0.2) is 32.8 Å². The van der Waals surface area contributed by atoms with E-state index in [0.29, 0.717) is 29.8 Å². The molecule has 2 heterocycles. The van der Waals surface area contributed by atoms with E-state index >= 15 is 0 Å². The van der Waals surface area contributed by atoms with E-state index in [1.54, 1.807) is 17.0 Å². The molecular formula is C22H22N4O4S. The summed E-state index contributed by atoms with van der Waals surface area (Å²) in [4.78, 5) is 25.0. The van der Waals surface area contributed by atoms with E-state index in [-0.39, 0.29) is 22.3 Å². The van der Waals surface area contributed by atoms with Crippen molar-refractivity contribution in [1.29, 1.82) is 0 Å². The number of hydrogen-bond acceptors (Lipinski definition) is 7. The Kier molecular flexibility index (Phi) is 5.53. The summed E-state index contributed by atoms with van der Waals surface area (Å²) in [5.41, 5.74) is 2.57. The maximum Gasteiger partial charge on any atom is 0.277 e. The molecule has 3 aromatic rings. The van der Waals surface area contributed by atoms with Crippen LogP contribution in [0, 0.1) is 10.1 Å². The van der Waals surface area contributed by atoms with Crippen molar-refractivity contribution >= 4 is 29.0 Å². The van der Waals surface area contributed by atoms with Crippen LogP contribution < -0.4 is 4.90 Å². The third-order valence-electron chi connectivity index (χ3n) is 5.16. The van der Waals surface area contributed by atoms with E-state index in [1.165, 1.54) is 29.5 Å². The Morgan fingerprint density at radius 3 is 2.58 bits per heavy atom. The van der Waals surface area contributed by atoms with Crippen LogP contribution in [-0.2, 0) is 10.2 Å². The molecule has 1 aliphatic heterocycles. The molecule has 0 saturated carbocycles. The number of aromatic nitrogens is 2. The van der Waals surface area contributed by atoms with E-state index in [9.17, 15) is 14.9 Å². The van der Waals surface area contributed by atoms with Crippen LogP contribution in [0.15, 0.2) is 58.2 Å². The quantitative estimate of drug-likeness (QED) is 0.415. The van der Waals surface area contributed by atoms with Gasteiger partial charge in [0.15, 0.2) is 0 Å². The zero-order valence-electron chi connectivity index (χ0n) is 17.4.